The number of Topliss-reactive ketones (excluding diaryl/α,β-unsaturated/α-hetero) is 1. The SMILES string of the molecule is O=C(O)N(Cc1ccccc1)C12CCC(c3ccc(Br)cc3)(CC1)C(=O)C2. The molecule has 0 heterocycles. The number of hydrogen-bond donors (Lipinski definition) is 1. The van der Waals surface area contributed by atoms with Gasteiger partial charge in [0, 0.05) is 17.4 Å². The molecule has 0 aliphatic heterocycles. The van der Waals surface area contributed by atoms with Gasteiger partial charge in [0.2, 0.25) is 0 Å². The van der Waals surface area contributed by atoms with Crippen LogP contribution in [0.5, 0.6) is 0 Å². The first-order valence-corrected chi connectivity index (χ1v) is 10.1. The van der Waals surface area contributed by atoms with Gasteiger partial charge < -0.3 is 5.11 Å². The van der Waals surface area contributed by atoms with Crippen LogP contribution in [-0.2, 0) is 16.8 Å². The summed E-state index contributed by atoms with van der Waals surface area (Å²) in [5.74, 6) is 0.182. The van der Waals surface area contributed by atoms with E-state index in [9.17, 15) is 14.7 Å². The largest absolute Gasteiger partial charge is 0.465 e. The molecule has 0 spiro atoms. The van der Waals surface area contributed by atoms with Crippen molar-refractivity contribution in [3.63, 3.8) is 0 Å². The molecule has 2 aromatic carbocycles. The van der Waals surface area contributed by atoms with Crippen LogP contribution in [0.3, 0.4) is 0 Å². The average Bonchev–Trinajstić information content (AvgIpc) is 2.68. The van der Waals surface area contributed by atoms with Crippen LogP contribution in [-0.4, -0.2) is 27.4 Å². The van der Waals surface area contributed by atoms with Crippen LogP contribution in [0.1, 0.15) is 43.2 Å². The first kappa shape index (κ1) is 18.2. The molecule has 5 heteroatoms. The molecule has 3 fully saturated rings. The van der Waals surface area contributed by atoms with Gasteiger partial charge in [0.1, 0.15) is 5.78 Å². The van der Waals surface area contributed by atoms with Gasteiger partial charge in [-0.1, -0.05) is 58.4 Å². The lowest BCUT2D eigenvalue weighted by atomic mass is 9.54. The van der Waals surface area contributed by atoms with Crippen LogP contribution in [0, 0.1) is 0 Å². The molecule has 0 unspecified atom stereocenters. The van der Waals surface area contributed by atoms with Crippen molar-refractivity contribution in [2.45, 2.75) is 49.6 Å². The monoisotopic (exact) mass is 427 g/mol. The number of rotatable bonds is 4. The van der Waals surface area contributed by atoms with Crippen molar-refractivity contribution in [1.29, 1.82) is 0 Å². The minimum absolute atomic E-state index is 0.182. The normalized spacial score (nSPS) is 26.8. The van der Waals surface area contributed by atoms with Crippen LogP contribution in [0.25, 0.3) is 0 Å². The highest BCUT2D eigenvalue weighted by molar-refractivity contribution is 9.10. The van der Waals surface area contributed by atoms with Crippen molar-refractivity contribution < 1.29 is 14.7 Å². The third-order valence-electron chi connectivity index (χ3n) is 6.44. The summed E-state index contributed by atoms with van der Waals surface area (Å²) in [6.07, 6.45) is 2.26. The number of hydrogen-bond acceptors (Lipinski definition) is 2. The summed E-state index contributed by atoms with van der Waals surface area (Å²) in [6, 6.07) is 17.6. The number of amides is 1. The summed E-state index contributed by atoms with van der Waals surface area (Å²) in [6.45, 7) is 0.328. The fraction of sp³-hybridized carbons (Fsp3) is 0.364. The second-order valence-corrected chi connectivity index (χ2v) is 8.68. The first-order chi connectivity index (χ1) is 13.0. The maximum Gasteiger partial charge on any atom is 0.408 e. The van der Waals surface area contributed by atoms with Gasteiger partial charge in [-0.15, -0.1) is 0 Å². The van der Waals surface area contributed by atoms with Crippen molar-refractivity contribution in [3.05, 3.63) is 70.2 Å². The molecule has 5 rings (SSSR count). The van der Waals surface area contributed by atoms with E-state index in [0.717, 1.165) is 28.4 Å². The molecule has 1 N–H and O–H groups in total. The third kappa shape index (κ3) is 3.08. The van der Waals surface area contributed by atoms with Crippen LogP contribution < -0.4 is 0 Å². The van der Waals surface area contributed by atoms with Crippen molar-refractivity contribution in [2.75, 3.05) is 0 Å². The van der Waals surface area contributed by atoms with Gasteiger partial charge in [0.25, 0.3) is 0 Å². The van der Waals surface area contributed by atoms with Crippen molar-refractivity contribution in [2.24, 2.45) is 0 Å². The molecular weight excluding hydrogens is 406 g/mol. The van der Waals surface area contributed by atoms with Crippen LogP contribution in [0.15, 0.2) is 59.1 Å². The first-order valence-electron chi connectivity index (χ1n) is 9.29. The van der Waals surface area contributed by atoms with Crippen LogP contribution in [0.2, 0.25) is 0 Å². The van der Waals surface area contributed by atoms with E-state index in [1.807, 2.05) is 54.6 Å². The number of halogens is 1. The number of ketones is 1. The maximum atomic E-state index is 13.2. The predicted molar refractivity (Wildman–Crippen MR) is 107 cm³/mol. The summed E-state index contributed by atoms with van der Waals surface area (Å²) in [4.78, 5) is 26.8. The molecule has 3 aliphatic carbocycles. The minimum atomic E-state index is -0.940. The molecule has 2 aromatic rings. The number of fused-ring (bicyclic) bond motifs is 3. The van der Waals surface area contributed by atoms with Gasteiger partial charge in [-0.3, -0.25) is 9.69 Å². The average molecular weight is 428 g/mol. The van der Waals surface area contributed by atoms with E-state index in [2.05, 4.69) is 15.9 Å². The van der Waals surface area contributed by atoms with Gasteiger partial charge in [-0.2, -0.15) is 0 Å². The molecular formula is C22H22BrNO3. The van der Waals surface area contributed by atoms with Gasteiger partial charge in [-0.05, 0) is 48.9 Å². The van der Waals surface area contributed by atoms with Crippen molar-refractivity contribution in [3.8, 4) is 0 Å². The standard InChI is InChI=1S/C22H22BrNO3/c23-18-8-6-17(7-9-18)22-12-10-21(11-13-22,14-19(22)25)24(20(26)27)15-16-4-2-1-3-5-16/h1-9H,10-15H2,(H,26,27). The Hall–Kier alpha value is -2.14. The summed E-state index contributed by atoms with van der Waals surface area (Å²) in [5, 5.41) is 9.91. The Morgan fingerprint density at radius 2 is 1.63 bits per heavy atom. The Morgan fingerprint density at radius 1 is 1.00 bits per heavy atom. The fourth-order valence-electron chi connectivity index (χ4n) is 4.85. The predicted octanol–water partition coefficient (Wildman–Crippen LogP) is 5.15. The quantitative estimate of drug-likeness (QED) is 0.733. The number of carbonyl (C=O) groups is 2. The van der Waals surface area contributed by atoms with Crippen LogP contribution >= 0.6 is 15.9 Å². The van der Waals surface area contributed by atoms with E-state index >= 15 is 0 Å². The summed E-state index contributed by atoms with van der Waals surface area (Å²) in [7, 11) is 0. The van der Waals surface area contributed by atoms with E-state index < -0.39 is 17.0 Å². The molecule has 0 aromatic heterocycles. The zero-order valence-electron chi connectivity index (χ0n) is 15.0. The van der Waals surface area contributed by atoms with E-state index in [1.54, 1.807) is 0 Å². The lowest BCUT2D eigenvalue weighted by Gasteiger charge is -2.55. The molecule has 4 nitrogen and oxygen atoms in total. The van der Waals surface area contributed by atoms with Crippen LogP contribution in [0.4, 0.5) is 4.79 Å². The Morgan fingerprint density at radius 3 is 2.19 bits per heavy atom. The van der Waals surface area contributed by atoms with E-state index in [4.69, 9.17) is 0 Å². The number of carboxylic acid groups (broad SMARTS) is 1. The zero-order valence-corrected chi connectivity index (χ0v) is 16.6. The summed E-state index contributed by atoms with van der Waals surface area (Å²) >= 11 is 3.45. The maximum absolute atomic E-state index is 13.2. The summed E-state index contributed by atoms with van der Waals surface area (Å²) < 4.78 is 0.996. The van der Waals surface area contributed by atoms with E-state index in [-0.39, 0.29) is 5.78 Å². The molecule has 0 saturated heterocycles. The molecule has 0 atom stereocenters. The molecule has 27 heavy (non-hydrogen) atoms. The second-order valence-electron chi connectivity index (χ2n) is 7.77. The van der Waals surface area contributed by atoms with Gasteiger partial charge in [0.05, 0.1) is 11.0 Å². The number of nitrogens with zero attached hydrogens (tertiary/aromatic N) is 1. The lowest BCUT2D eigenvalue weighted by molar-refractivity contribution is -0.138. The molecule has 2 bridgehead atoms. The molecule has 3 saturated carbocycles. The third-order valence-corrected chi connectivity index (χ3v) is 6.97. The zero-order chi connectivity index (χ0) is 19.1. The Balaban J connectivity index is 1.62. The van der Waals surface area contributed by atoms with E-state index in [1.165, 1.54) is 4.90 Å². The second kappa shape index (κ2) is 6.79. The Kier molecular flexibility index (Phi) is 4.58. The highest BCUT2D eigenvalue weighted by Crippen LogP contribution is 2.54. The lowest BCUT2D eigenvalue weighted by Crippen LogP contribution is -2.62. The van der Waals surface area contributed by atoms with E-state index in [0.29, 0.717) is 25.8 Å². The minimum Gasteiger partial charge on any atom is -0.465 e. The molecule has 0 radical (unpaired) electrons. The van der Waals surface area contributed by atoms with Crippen molar-refractivity contribution >= 4 is 27.8 Å². The molecule has 1 amide bonds. The fourth-order valence-corrected chi connectivity index (χ4v) is 5.12. The molecule has 140 valence electrons. The number of carbonyl (C=O) groups excluding carboxylic acids is 1. The Labute approximate surface area is 167 Å². The Bertz CT molecular complexity index is 855. The summed E-state index contributed by atoms with van der Waals surface area (Å²) in [5.41, 5.74) is 1.00. The van der Waals surface area contributed by atoms with Gasteiger partial charge in [-0.25, -0.2) is 4.79 Å². The highest BCUT2D eigenvalue weighted by Gasteiger charge is 2.57. The molecule has 3 aliphatic rings. The van der Waals surface area contributed by atoms with Crippen molar-refractivity contribution in [1.82, 2.24) is 4.90 Å². The number of benzene rings is 2. The van der Waals surface area contributed by atoms with Gasteiger partial charge in [0.15, 0.2) is 0 Å². The smallest absolute Gasteiger partial charge is 0.408 e. The topological polar surface area (TPSA) is 57.6 Å². The van der Waals surface area contributed by atoms with Gasteiger partial charge >= 0.3 is 6.09 Å². The highest BCUT2D eigenvalue weighted by atomic mass is 79.9.